The summed E-state index contributed by atoms with van der Waals surface area (Å²) in [5, 5.41) is 2.85. The van der Waals surface area contributed by atoms with Gasteiger partial charge in [0, 0.05) is 24.0 Å². The number of anilines is 1. The molecule has 1 amide bonds. The number of ether oxygens (including phenoxy) is 2. The molecular formula is C21H22N4O4. The summed E-state index contributed by atoms with van der Waals surface area (Å²) in [7, 11) is 0. The van der Waals surface area contributed by atoms with E-state index < -0.39 is 0 Å². The summed E-state index contributed by atoms with van der Waals surface area (Å²) in [6, 6.07) is 9.05. The van der Waals surface area contributed by atoms with E-state index >= 15 is 0 Å². The molecule has 1 aliphatic carbocycles. The van der Waals surface area contributed by atoms with Gasteiger partial charge in [0.15, 0.2) is 17.1 Å². The van der Waals surface area contributed by atoms with Crippen LogP contribution in [0.15, 0.2) is 41.3 Å². The number of nitrogens with one attached hydrogen (secondary N) is 1. The van der Waals surface area contributed by atoms with Crippen molar-refractivity contribution in [3.05, 3.63) is 47.0 Å². The molecule has 2 aliphatic rings. The second-order valence-corrected chi connectivity index (χ2v) is 7.43. The SMILES string of the molecule is O=C(Cn1c(=O)n(C2CCCC2)c2ncccc21)Nc1ccc2c(c1)OCCO2. The van der Waals surface area contributed by atoms with E-state index in [0.717, 1.165) is 25.7 Å². The number of carbonyl (C=O) groups excluding carboxylic acids is 1. The van der Waals surface area contributed by atoms with Gasteiger partial charge in [0.1, 0.15) is 19.8 Å². The molecule has 1 N–H and O–H groups in total. The normalized spacial score (nSPS) is 16.3. The van der Waals surface area contributed by atoms with Crippen molar-refractivity contribution in [2.75, 3.05) is 18.5 Å². The minimum Gasteiger partial charge on any atom is -0.486 e. The number of rotatable bonds is 4. The summed E-state index contributed by atoms with van der Waals surface area (Å²) in [4.78, 5) is 30.3. The number of amides is 1. The van der Waals surface area contributed by atoms with E-state index in [1.807, 2.05) is 6.07 Å². The molecule has 0 bridgehead atoms. The van der Waals surface area contributed by atoms with E-state index in [1.165, 1.54) is 4.57 Å². The number of pyridine rings is 1. The number of hydrogen-bond donors (Lipinski definition) is 1. The van der Waals surface area contributed by atoms with Gasteiger partial charge in [0.05, 0.1) is 5.52 Å². The minimum absolute atomic E-state index is 0.0742. The maximum Gasteiger partial charge on any atom is 0.331 e. The second-order valence-electron chi connectivity index (χ2n) is 7.43. The Kier molecular flexibility index (Phi) is 4.46. The molecule has 3 heterocycles. The zero-order valence-electron chi connectivity index (χ0n) is 16.0. The number of carbonyl (C=O) groups is 1. The van der Waals surface area contributed by atoms with Crippen LogP contribution in [0.5, 0.6) is 11.5 Å². The second kappa shape index (κ2) is 7.27. The van der Waals surface area contributed by atoms with Gasteiger partial charge >= 0.3 is 5.69 Å². The Morgan fingerprint density at radius 3 is 2.76 bits per heavy atom. The van der Waals surface area contributed by atoms with E-state index in [9.17, 15) is 9.59 Å². The predicted octanol–water partition coefficient (Wildman–Crippen LogP) is 2.72. The topological polar surface area (TPSA) is 87.4 Å². The summed E-state index contributed by atoms with van der Waals surface area (Å²) in [6.07, 6.45) is 5.85. The molecule has 29 heavy (non-hydrogen) atoms. The molecule has 0 unspecified atom stereocenters. The molecule has 150 valence electrons. The van der Waals surface area contributed by atoms with Crippen molar-refractivity contribution in [2.45, 2.75) is 38.3 Å². The van der Waals surface area contributed by atoms with Gasteiger partial charge in [0.2, 0.25) is 5.91 Å². The van der Waals surface area contributed by atoms with Gasteiger partial charge < -0.3 is 14.8 Å². The van der Waals surface area contributed by atoms with Gasteiger partial charge in [-0.2, -0.15) is 0 Å². The van der Waals surface area contributed by atoms with E-state index in [0.29, 0.717) is 41.6 Å². The van der Waals surface area contributed by atoms with E-state index in [2.05, 4.69) is 10.3 Å². The van der Waals surface area contributed by atoms with Crippen LogP contribution in [0.4, 0.5) is 5.69 Å². The molecule has 1 aliphatic heterocycles. The Labute approximate surface area is 167 Å². The highest BCUT2D eigenvalue weighted by atomic mass is 16.6. The lowest BCUT2D eigenvalue weighted by molar-refractivity contribution is -0.116. The van der Waals surface area contributed by atoms with Gasteiger partial charge in [-0.15, -0.1) is 0 Å². The molecule has 8 heteroatoms. The summed E-state index contributed by atoms with van der Waals surface area (Å²) >= 11 is 0. The Hall–Kier alpha value is -3.29. The Morgan fingerprint density at radius 1 is 1.14 bits per heavy atom. The number of hydrogen-bond acceptors (Lipinski definition) is 5. The Morgan fingerprint density at radius 2 is 1.93 bits per heavy atom. The summed E-state index contributed by atoms with van der Waals surface area (Å²) in [5.41, 5.74) is 1.76. The molecular weight excluding hydrogens is 372 g/mol. The first-order chi connectivity index (χ1) is 14.2. The number of imidazole rings is 1. The molecule has 1 aromatic carbocycles. The zero-order chi connectivity index (χ0) is 19.8. The highest BCUT2D eigenvalue weighted by molar-refractivity contribution is 5.91. The van der Waals surface area contributed by atoms with Crippen LogP contribution in [0, 0.1) is 0 Å². The first-order valence-electron chi connectivity index (χ1n) is 9.96. The number of nitrogens with zero attached hydrogens (tertiary/aromatic N) is 3. The van der Waals surface area contributed by atoms with Crippen molar-refractivity contribution in [3.8, 4) is 11.5 Å². The highest BCUT2D eigenvalue weighted by Crippen LogP contribution is 2.33. The maximum atomic E-state index is 13.1. The van der Waals surface area contributed by atoms with E-state index in [4.69, 9.17) is 9.47 Å². The first kappa shape index (κ1) is 17.8. The summed E-state index contributed by atoms with van der Waals surface area (Å²) in [5.74, 6) is 0.988. The minimum atomic E-state index is -0.280. The Balaban J connectivity index is 1.42. The van der Waals surface area contributed by atoms with Crippen molar-refractivity contribution in [1.82, 2.24) is 14.1 Å². The third kappa shape index (κ3) is 3.24. The average molecular weight is 394 g/mol. The van der Waals surface area contributed by atoms with Crippen molar-refractivity contribution < 1.29 is 14.3 Å². The van der Waals surface area contributed by atoms with E-state index in [1.54, 1.807) is 35.0 Å². The van der Waals surface area contributed by atoms with Gasteiger partial charge in [-0.05, 0) is 37.1 Å². The lowest BCUT2D eigenvalue weighted by Gasteiger charge is -2.19. The zero-order valence-corrected chi connectivity index (χ0v) is 16.0. The predicted molar refractivity (Wildman–Crippen MR) is 108 cm³/mol. The van der Waals surface area contributed by atoms with E-state index in [-0.39, 0.29) is 24.2 Å². The van der Waals surface area contributed by atoms with Crippen LogP contribution in [0.2, 0.25) is 0 Å². The van der Waals surface area contributed by atoms with Gasteiger partial charge in [0.25, 0.3) is 0 Å². The molecule has 0 saturated heterocycles. The molecule has 0 radical (unpaired) electrons. The van der Waals surface area contributed by atoms with Crippen LogP contribution in [0.1, 0.15) is 31.7 Å². The van der Waals surface area contributed by atoms with Crippen molar-refractivity contribution in [1.29, 1.82) is 0 Å². The lowest BCUT2D eigenvalue weighted by atomic mass is 10.2. The van der Waals surface area contributed by atoms with Crippen molar-refractivity contribution in [2.24, 2.45) is 0 Å². The molecule has 0 spiro atoms. The number of benzene rings is 1. The van der Waals surface area contributed by atoms with Crippen LogP contribution >= 0.6 is 0 Å². The maximum absolute atomic E-state index is 13.1. The largest absolute Gasteiger partial charge is 0.486 e. The van der Waals surface area contributed by atoms with Gasteiger partial charge in [-0.1, -0.05) is 12.8 Å². The Bertz CT molecular complexity index is 1130. The van der Waals surface area contributed by atoms with Crippen molar-refractivity contribution in [3.63, 3.8) is 0 Å². The van der Waals surface area contributed by atoms with Gasteiger partial charge in [-0.25, -0.2) is 9.78 Å². The number of fused-ring (bicyclic) bond motifs is 2. The molecule has 2 aromatic heterocycles. The monoisotopic (exact) mass is 394 g/mol. The molecule has 1 fully saturated rings. The fraction of sp³-hybridized carbons (Fsp3) is 0.381. The molecule has 3 aromatic rings. The van der Waals surface area contributed by atoms with Crippen LogP contribution in [0.3, 0.4) is 0 Å². The first-order valence-corrected chi connectivity index (χ1v) is 9.96. The third-order valence-electron chi connectivity index (χ3n) is 5.54. The highest BCUT2D eigenvalue weighted by Gasteiger charge is 2.25. The van der Waals surface area contributed by atoms with Crippen LogP contribution in [-0.4, -0.2) is 33.2 Å². The van der Waals surface area contributed by atoms with Crippen LogP contribution < -0.4 is 20.5 Å². The third-order valence-corrected chi connectivity index (χ3v) is 5.54. The van der Waals surface area contributed by atoms with Crippen LogP contribution in [0.25, 0.3) is 11.2 Å². The van der Waals surface area contributed by atoms with Gasteiger partial charge in [-0.3, -0.25) is 13.9 Å². The summed E-state index contributed by atoms with van der Waals surface area (Å²) in [6.45, 7) is 0.920. The quantitative estimate of drug-likeness (QED) is 0.735. The van der Waals surface area contributed by atoms with Crippen molar-refractivity contribution >= 4 is 22.8 Å². The fourth-order valence-electron chi connectivity index (χ4n) is 4.22. The standard InChI is InChI=1S/C21H22N4O4/c26-19(23-14-7-8-17-18(12-14)29-11-10-28-17)13-24-16-6-3-9-22-20(16)25(21(24)27)15-4-1-2-5-15/h3,6-9,12,15H,1-2,4-5,10-11,13H2,(H,23,26). The average Bonchev–Trinajstić information content (AvgIpc) is 3.35. The number of aromatic nitrogens is 3. The lowest BCUT2D eigenvalue weighted by Crippen LogP contribution is -2.30. The molecule has 8 nitrogen and oxygen atoms in total. The molecule has 5 rings (SSSR count). The summed E-state index contributed by atoms with van der Waals surface area (Å²) < 4.78 is 14.3. The fourth-order valence-corrected chi connectivity index (χ4v) is 4.22. The molecule has 0 atom stereocenters. The van der Waals surface area contributed by atoms with Crippen LogP contribution in [-0.2, 0) is 11.3 Å². The smallest absolute Gasteiger partial charge is 0.331 e. The molecule has 1 saturated carbocycles.